The fourth-order valence-corrected chi connectivity index (χ4v) is 3.06. The van der Waals surface area contributed by atoms with Gasteiger partial charge in [-0.05, 0) is 49.1 Å². The van der Waals surface area contributed by atoms with E-state index >= 15 is 0 Å². The van der Waals surface area contributed by atoms with Gasteiger partial charge in [0, 0.05) is 5.02 Å². The highest BCUT2D eigenvalue weighted by atomic mass is 35.5. The molecule has 0 aromatic heterocycles. The quantitative estimate of drug-likeness (QED) is 0.780. The third-order valence-corrected chi connectivity index (χ3v) is 4.47. The predicted octanol–water partition coefficient (Wildman–Crippen LogP) is 3.43. The molecule has 4 N–H and O–H groups in total. The molecule has 0 radical (unpaired) electrons. The lowest BCUT2D eigenvalue weighted by molar-refractivity contribution is 0.0521. The number of benzene rings is 1. The summed E-state index contributed by atoms with van der Waals surface area (Å²) >= 11 is 6.13. The van der Waals surface area contributed by atoms with Gasteiger partial charge in [-0.3, -0.25) is 0 Å². The lowest BCUT2D eigenvalue weighted by Crippen LogP contribution is -2.28. The Morgan fingerprint density at radius 1 is 1.29 bits per heavy atom. The highest BCUT2D eigenvalue weighted by molar-refractivity contribution is 6.31. The summed E-state index contributed by atoms with van der Waals surface area (Å²) in [5.41, 5.74) is 6.42. The van der Waals surface area contributed by atoms with Crippen molar-refractivity contribution in [1.82, 2.24) is 0 Å². The van der Waals surface area contributed by atoms with E-state index in [0.717, 1.165) is 31.2 Å². The van der Waals surface area contributed by atoms with Gasteiger partial charge in [0.05, 0.1) is 11.7 Å². The maximum absolute atomic E-state index is 10.5. The highest BCUT2D eigenvalue weighted by Crippen LogP contribution is 2.31. The van der Waals surface area contributed by atoms with E-state index in [1.54, 1.807) is 6.07 Å². The molecule has 1 aliphatic carbocycles. The van der Waals surface area contributed by atoms with Crippen molar-refractivity contribution in [3.63, 3.8) is 0 Å². The zero-order chi connectivity index (χ0) is 15.3. The van der Waals surface area contributed by atoms with Crippen molar-refractivity contribution in [3.8, 4) is 0 Å². The predicted molar refractivity (Wildman–Crippen MR) is 87.2 cm³/mol. The van der Waals surface area contributed by atoms with Crippen LogP contribution in [0.25, 0.3) is 6.08 Å². The van der Waals surface area contributed by atoms with Gasteiger partial charge in [-0.15, -0.1) is 0 Å². The molecule has 0 spiro atoms. The summed E-state index contributed by atoms with van der Waals surface area (Å²) in [6, 6.07) is 5.54. The van der Waals surface area contributed by atoms with Crippen LogP contribution in [0.4, 0.5) is 0 Å². The van der Waals surface area contributed by atoms with Crippen LogP contribution in [0, 0.1) is 0 Å². The number of aliphatic hydroxyl groups is 2. The van der Waals surface area contributed by atoms with Crippen molar-refractivity contribution >= 4 is 17.7 Å². The summed E-state index contributed by atoms with van der Waals surface area (Å²) in [5.74, 6) is 0. The van der Waals surface area contributed by atoms with Gasteiger partial charge in [0.1, 0.15) is 0 Å². The van der Waals surface area contributed by atoms with Crippen molar-refractivity contribution in [2.24, 2.45) is 5.73 Å². The zero-order valence-corrected chi connectivity index (χ0v) is 13.0. The molecular formula is C17H24ClNO2. The van der Waals surface area contributed by atoms with Crippen LogP contribution in [0.2, 0.25) is 5.02 Å². The number of rotatable bonds is 5. The molecule has 1 aromatic carbocycles. The first kappa shape index (κ1) is 16.5. The van der Waals surface area contributed by atoms with Crippen LogP contribution in [-0.4, -0.2) is 22.4 Å². The first-order chi connectivity index (χ1) is 10.0. The minimum Gasteiger partial charge on any atom is -0.388 e. The van der Waals surface area contributed by atoms with E-state index in [9.17, 15) is 10.2 Å². The second-order valence-electron chi connectivity index (χ2n) is 5.87. The monoisotopic (exact) mass is 309 g/mol. The number of halogens is 1. The minimum atomic E-state index is -0.687. The minimum absolute atomic E-state index is 0.414. The van der Waals surface area contributed by atoms with Gasteiger partial charge in [0.25, 0.3) is 0 Å². The Hall–Kier alpha value is -0.870. The van der Waals surface area contributed by atoms with Crippen molar-refractivity contribution in [1.29, 1.82) is 0 Å². The Morgan fingerprint density at radius 2 is 2.00 bits per heavy atom. The van der Waals surface area contributed by atoms with E-state index < -0.39 is 11.7 Å². The van der Waals surface area contributed by atoms with Crippen molar-refractivity contribution in [3.05, 3.63) is 40.4 Å². The molecule has 116 valence electrons. The Bertz CT molecular complexity index is 496. The Kier molecular flexibility index (Phi) is 5.82. The van der Waals surface area contributed by atoms with Crippen molar-refractivity contribution < 1.29 is 10.2 Å². The second kappa shape index (κ2) is 7.41. The average molecular weight is 310 g/mol. The Balaban J connectivity index is 2.15. The molecule has 3 nitrogen and oxygen atoms in total. The Morgan fingerprint density at radius 3 is 2.67 bits per heavy atom. The maximum Gasteiger partial charge on any atom is 0.0830 e. The van der Waals surface area contributed by atoms with Crippen LogP contribution in [0.15, 0.2) is 24.3 Å². The third kappa shape index (κ3) is 4.55. The van der Waals surface area contributed by atoms with Gasteiger partial charge in [0.15, 0.2) is 0 Å². The maximum atomic E-state index is 10.5. The SMILES string of the molecule is NCCC(O)c1cc(C=CC2(O)CCCCC2)ccc1Cl. The summed E-state index contributed by atoms with van der Waals surface area (Å²) in [4.78, 5) is 0. The summed E-state index contributed by atoms with van der Waals surface area (Å²) in [5, 5.41) is 21.1. The summed E-state index contributed by atoms with van der Waals surface area (Å²) < 4.78 is 0. The fraction of sp³-hybridized carbons (Fsp3) is 0.529. The largest absolute Gasteiger partial charge is 0.388 e. The van der Waals surface area contributed by atoms with Gasteiger partial charge in [0.2, 0.25) is 0 Å². The molecule has 21 heavy (non-hydrogen) atoms. The molecule has 1 fully saturated rings. The average Bonchev–Trinajstić information content (AvgIpc) is 2.47. The fourth-order valence-electron chi connectivity index (χ4n) is 2.82. The van der Waals surface area contributed by atoms with Gasteiger partial charge < -0.3 is 15.9 Å². The number of hydrogen-bond acceptors (Lipinski definition) is 3. The molecule has 1 aliphatic rings. The van der Waals surface area contributed by atoms with Crippen LogP contribution in [0.5, 0.6) is 0 Å². The number of hydrogen-bond donors (Lipinski definition) is 3. The van der Waals surface area contributed by atoms with Crippen LogP contribution in [0.3, 0.4) is 0 Å². The second-order valence-corrected chi connectivity index (χ2v) is 6.28. The normalized spacial score (nSPS) is 19.8. The van der Waals surface area contributed by atoms with E-state index in [-0.39, 0.29) is 0 Å². The van der Waals surface area contributed by atoms with E-state index in [2.05, 4.69) is 0 Å². The van der Waals surface area contributed by atoms with E-state index in [1.165, 1.54) is 6.42 Å². The zero-order valence-electron chi connectivity index (χ0n) is 12.3. The van der Waals surface area contributed by atoms with Crippen LogP contribution >= 0.6 is 11.6 Å². The highest BCUT2D eigenvalue weighted by Gasteiger charge is 2.25. The third-order valence-electron chi connectivity index (χ3n) is 4.12. The standard InChI is InChI=1S/C17H24ClNO2/c18-15-5-4-13(12-14(15)16(20)7-11-19)6-10-17(21)8-2-1-3-9-17/h4-6,10,12,16,20-21H,1-3,7-9,11,19H2. The summed E-state index contributed by atoms with van der Waals surface area (Å²) in [6.45, 7) is 0.414. The molecule has 1 unspecified atom stereocenters. The van der Waals surface area contributed by atoms with Crippen molar-refractivity contribution in [2.45, 2.75) is 50.2 Å². The molecule has 1 saturated carbocycles. The van der Waals surface area contributed by atoms with E-state index in [4.69, 9.17) is 17.3 Å². The molecule has 0 aliphatic heterocycles. The molecular weight excluding hydrogens is 286 g/mol. The van der Waals surface area contributed by atoms with Gasteiger partial charge in [-0.1, -0.05) is 49.1 Å². The van der Waals surface area contributed by atoms with Crippen LogP contribution in [-0.2, 0) is 0 Å². The first-order valence-corrected chi connectivity index (χ1v) is 8.01. The molecule has 4 heteroatoms. The van der Waals surface area contributed by atoms with Crippen molar-refractivity contribution in [2.75, 3.05) is 6.54 Å². The van der Waals surface area contributed by atoms with Gasteiger partial charge in [-0.2, -0.15) is 0 Å². The van der Waals surface area contributed by atoms with Gasteiger partial charge >= 0.3 is 0 Å². The topological polar surface area (TPSA) is 66.5 Å². The smallest absolute Gasteiger partial charge is 0.0830 e. The molecule has 0 amide bonds. The molecule has 0 heterocycles. The van der Waals surface area contributed by atoms with E-state index in [1.807, 2.05) is 24.3 Å². The first-order valence-electron chi connectivity index (χ1n) is 7.63. The lowest BCUT2D eigenvalue weighted by Gasteiger charge is -2.28. The summed E-state index contributed by atoms with van der Waals surface area (Å²) in [6.07, 6.45) is 8.62. The number of aliphatic hydroxyl groups excluding tert-OH is 1. The summed E-state index contributed by atoms with van der Waals surface area (Å²) in [7, 11) is 0. The molecule has 2 rings (SSSR count). The van der Waals surface area contributed by atoms with Crippen LogP contribution < -0.4 is 5.73 Å². The molecule has 0 bridgehead atoms. The lowest BCUT2D eigenvalue weighted by atomic mass is 9.84. The molecule has 1 atom stereocenters. The molecule has 1 aromatic rings. The molecule has 0 saturated heterocycles. The van der Waals surface area contributed by atoms with Crippen LogP contribution in [0.1, 0.15) is 55.8 Å². The number of nitrogens with two attached hydrogens (primary N) is 1. The van der Waals surface area contributed by atoms with Gasteiger partial charge in [-0.25, -0.2) is 0 Å². The van der Waals surface area contributed by atoms with E-state index in [0.29, 0.717) is 23.6 Å². The Labute approximate surface area is 131 Å².